The van der Waals surface area contributed by atoms with Gasteiger partial charge in [0.25, 0.3) is 11.8 Å². The minimum absolute atomic E-state index is 0.109. The molecule has 3 aromatic rings. The molecule has 1 aliphatic rings. The summed E-state index contributed by atoms with van der Waals surface area (Å²) in [6, 6.07) is 10.9. The molecule has 1 heterocycles. The summed E-state index contributed by atoms with van der Waals surface area (Å²) in [4.78, 5) is 25.8. The van der Waals surface area contributed by atoms with Crippen molar-refractivity contribution in [1.82, 2.24) is 5.06 Å². The minimum atomic E-state index is -4.78. The molecule has 1 atom stereocenters. The summed E-state index contributed by atoms with van der Waals surface area (Å²) in [6.45, 7) is 4.27. The molecule has 0 N–H and O–H groups in total. The van der Waals surface area contributed by atoms with Crippen LogP contribution in [0.5, 0.6) is 0 Å². The Balaban J connectivity index is 1.67. The number of unbranched alkanes of at least 4 members (excludes halogenated alkanes) is 1. The number of hydrogen-bond acceptors (Lipinski definition) is 5. The molecular weight excluding hydrogens is 507 g/mol. The van der Waals surface area contributed by atoms with Crippen LogP contribution in [0.15, 0.2) is 59.5 Å². The van der Waals surface area contributed by atoms with Gasteiger partial charge in [0.2, 0.25) is 0 Å². The molecule has 0 aromatic heterocycles. The standard InChI is InChI=1S/C27H26F3NO5S/c1-3-5-7-17(4-2)16-18-10-15-23-24-21(18)8-6-9-22(24)25(32)31(26(23)33)36-37(34,35)20-13-11-19(12-14-20)27(28,29)30/h6,8-15,17H,3-5,7,16H2,1-2H3. The maximum atomic E-state index is 13.2. The van der Waals surface area contributed by atoms with Gasteiger partial charge in [-0.05, 0) is 59.7 Å². The van der Waals surface area contributed by atoms with Crippen LogP contribution in [0.4, 0.5) is 13.2 Å². The number of nitrogens with zero attached hydrogens (tertiary/aromatic N) is 1. The smallest absolute Gasteiger partial charge is 0.266 e. The van der Waals surface area contributed by atoms with Crippen LogP contribution < -0.4 is 0 Å². The molecule has 2 amide bonds. The van der Waals surface area contributed by atoms with E-state index in [1.807, 2.05) is 12.1 Å². The largest absolute Gasteiger partial charge is 0.416 e. The van der Waals surface area contributed by atoms with Crippen LogP contribution in [0.2, 0.25) is 0 Å². The number of carbonyl (C=O) groups excluding carboxylic acids is 2. The quantitative estimate of drug-likeness (QED) is 0.292. The molecule has 0 saturated carbocycles. The lowest BCUT2D eigenvalue weighted by Crippen LogP contribution is -2.41. The number of amides is 2. The molecular formula is C27H26F3NO5S. The van der Waals surface area contributed by atoms with Gasteiger partial charge in [0.15, 0.2) is 0 Å². The maximum absolute atomic E-state index is 13.2. The predicted molar refractivity (Wildman–Crippen MR) is 131 cm³/mol. The Labute approximate surface area is 213 Å². The second-order valence-corrected chi connectivity index (χ2v) is 10.6. The van der Waals surface area contributed by atoms with Crippen LogP contribution >= 0.6 is 0 Å². The fourth-order valence-electron chi connectivity index (χ4n) is 4.59. The number of alkyl halides is 3. The molecule has 1 unspecified atom stereocenters. The van der Waals surface area contributed by atoms with Gasteiger partial charge in [0.1, 0.15) is 0 Å². The van der Waals surface area contributed by atoms with Crippen molar-refractivity contribution in [1.29, 1.82) is 0 Å². The molecule has 0 fully saturated rings. The van der Waals surface area contributed by atoms with Crippen LogP contribution in [0.25, 0.3) is 10.8 Å². The summed E-state index contributed by atoms with van der Waals surface area (Å²) in [5, 5.41) is 1.34. The zero-order valence-corrected chi connectivity index (χ0v) is 21.2. The molecule has 6 nitrogen and oxygen atoms in total. The molecule has 0 aliphatic carbocycles. The average Bonchev–Trinajstić information content (AvgIpc) is 2.87. The highest BCUT2D eigenvalue weighted by atomic mass is 32.2. The Morgan fingerprint density at radius 3 is 2.16 bits per heavy atom. The van der Waals surface area contributed by atoms with Gasteiger partial charge in [-0.3, -0.25) is 9.59 Å². The lowest BCUT2D eigenvalue weighted by molar-refractivity contribution is -0.137. The lowest BCUT2D eigenvalue weighted by atomic mass is 9.86. The van der Waals surface area contributed by atoms with Crippen LogP contribution in [0.3, 0.4) is 0 Å². The Hall–Kier alpha value is -3.24. The van der Waals surface area contributed by atoms with E-state index in [1.54, 1.807) is 12.1 Å². The molecule has 1 aliphatic heterocycles. The maximum Gasteiger partial charge on any atom is 0.416 e. The van der Waals surface area contributed by atoms with Crippen LogP contribution in [0, 0.1) is 5.92 Å². The van der Waals surface area contributed by atoms with Crippen molar-refractivity contribution < 1.29 is 35.5 Å². The first-order chi connectivity index (χ1) is 17.5. The van der Waals surface area contributed by atoms with Crippen molar-refractivity contribution >= 4 is 32.7 Å². The summed E-state index contributed by atoms with van der Waals surface area (Å²) in [7, 11) is -4.78. The number of halogens is 3. The van der Waals surface area contributed by atoms with Gasteiger partial charge >= 0.3 is 16.3 Å². The molecule has 10 heteroatoms. The second-order valence-electron chi connectivity index (χ2n) is 9.08. The van der Waals surface area contributed by atoms with Crippen molar-refractivity contribution in [3.8, 4) is 0 Å². The number of benzene rings is 3. The highest BCUT2D eigenvalue weighted by molar-refractivity contribution is 7.86. The Morgan fingerprint density at radius 2 is 1.57 bits per heavy atom. The number of imide groups is 1. The highest BCUT2D eigenvalue weighted by Crippen LogP contribution is 2.35. The molecule has 196 valence electrons. The van der Waals surface area contributed by atoms with E-state index in [-0.39, 0.29) is 16.2 Å². The summed E-state index contributed by atoms with van der Waals surface area (Å²) in [5.74, 6) is -1.48. The van der Waals surface area contributed by atoms with Gasteiger partial charge in [-0.2, -0.15) is 21.6 Å². The summed E-state index contributed by atoms with van der Waals surface area (Å²) in [6.07, 6.45) is 0.379. The van der Waals surface area contributed by atoms with Crippen molar-refractivity contribution in [2.75, 3.05) is 0 Å². The molecule has 0 spiro atoms. The Kier molecular flexibility index (Phi) is 7.43. The third kappa shape index (κ3) is 5.26. The van der Waals surface area contributed by atoms with Crippen molar-refractivity contribution in [3.63, 3.8) is 0 Å². The van der Waals surface area contributed by atoms with Gasteiger partial charge in [0.05, 0.1) is 21.6 Å². The van der Waals surface area contributed by atoms with E-state index in [9.17, 15) is 31.2 Å². The van der Waals surface area contributed by atoms with E-state index in [2.05, 4.69) is 13.8 Å². The first-order valence-corrected chi connectivity index (χ1v) is 13.4. The fraction of sp³-hybridized carbons (Fsp3) is 0.333. The van der Waals surface area contributed by atoms with E-state index < -0.39 is 38.6 Å². The van der Waals surface area contributed by atoms with Gasteiger partial charge in [0, 0.05) is 5.39 Å². The van der Waals surface area contributed by atoms with E-state index in [4.69, 9.17) is 4.28 Å². The molecule has 3 aromatic carbocycles. The normalized spacial score (nSPS) is 14.9. The fourth-order valence-corrected chi connectivity index (χ4v) is 5.47. The van der Waals surface area contributed by atoms with E-state index >= 15 is 0 Å². The SMILES string of the molecule is CCCCC(CC)Cc1ccc2c3c(cccc13)C(=O)N(OS(=O)(=O)c1ccc(C(F)(F)F)cc1)C2=O. The van der Waals surface area contributed by atoms with Gasteiger partial charge < -0.3 is 0 Å². The third-order valence-electron chi connectivity index (χ3n) is 6.66. The number of rotatable bonds is 9. The molecule has 0 saturated heterocycles. The van der Waals surface area contributed by atoms with Gasteiger partial charge in [-0.15, -0.1) is 9.35 Å². The summed E-state index contributed by atoms with van der Waals surface area (Å²) < 4.78 is 68.9. The zero-order chi connectivity index (χ0) is 27.0. The predicted octanol–water partition coefficient (Wildman–Crippen LogP) is 6.53. The first-order valence-electron chi connectivity index (χ1n) is 12.0. The molecule has 0 radical (unpaired) electrons. The van der Waals surface area contributed by atoms with Crippen LogP contribution in [-0.2, 0) is 27.0 Å². The number of hydroxylamine groups is 2. The number of hydrogen-bond donors (Lipinski definition) is 0. The summed E-state index contributed by atoms with van der Waals surface area (Å²) >= 11 is 0. The zero-order valence-electron chi connectivity index (χ0n) is 20.3. The van der Waals surface area contributed by atoms with Gasteiger partial charge in [-0.25, -0.2) is 0 Å². The first kappa shape index (κ1) is 26.8. The van der Waals surface area contributed by atoms with E-state index in [0.29, 0.717) is 35.6 Å². The molecule has 0 bridgehead atoms. The topological polar surface area (TPSA) is 80.8 Å². The lowest BCUT2D eigenvalue weighted by Gasteiger charge is -2.26. The van der Waals surface area contributed by atoms with Crippen LogP contribution in [0.1, 0.15) is 71.4 Å². The second kappa shape index (κ2) is 10.3. The molecule has 4 rings (SSSR count). The minimum Gasteiger partial charge on any atom is -0.266 e. The summed E-state index contributed by atoms with van der Waals surface area (Å²) in [5.41, 5.74) is 0.167. The number of carbonyl (C=O) groups is 2. The van der Waals surface area contributed by atoms with E-state index in [1.165, 1.54) is 6.07 Å². The Bertz CT molecular complexity index is 1430. The third-order valence-corrected chi connectivity index (χ3v) is 7.85. The van der Waals surface area contributed by atoms with Gasteiger partial charge in [-0.1, -0.05) is 57.7 Å². The van der Waals surface area contributed by atoms with Crippen LogP contribution in [-0.4, -0.2) is 25.3 Å². The molecule has 37 heavy (non-hydrogen) atoms. The highest BCUT2D eigenvalue weighted by Gasteiger charge is 2.38. The van der Waals surface area contributed by atoms with Crippen molar-refractivity contribution in [2.45, 2.75) is 57.0 Å². The average molecular weight is 534 g/mol. The van der Waals surface area contributed by atoms with Crippen molar-refractivity contribution in [3.05, 3.63) is 76.9 Å². The monoisotopic (exact) mass is 533 g/mol. The van der Waals surface area contributed by atoms with E-state index in [0.717, 1.165) is 43.1 Å². The van der Waals surface area contributed by atoms with Crippen molar-refractivity contribution in [2.24, 2.45) is 5.92 Å². The Morgan fingerprint density at radius 1 is 0.919 bits per heavy atom.